The van der Waals surface area contributed by atoms with Gasteiger partial charge in [0.2, 0.25) is 0 Å². The normalized spacial score (nSPS) is 22.7. The molecule has 1 saturated carbocycles. The monoisotopic (exact) mass is 311 g/mol. The third-order valence-corrected chi connectivity index (χ3v) is 4.76. The zero-order valence-corrected chi connectivity index (χ0v) is 13.9. The van der Waals surface area contributed by atoms with Gasteiger partial charge in [0.15, 0.2) is 0 Å². The second kappa shape index (κ2) is 8.14. The Bertz CT molecular complexity index is 447. The zero-order valence-electron chi connectivity index (χ0n) is 13.2. The summed E-state index contributed by atoms with van der Waals surface area (Å²) in [4.78, 5) is 0. The van der Waals surface area contributed by atoms with E-state index in [0.29, 0.717) is 22.8 Å². The summed E-state index contributed by atoms with van der Waals surface area (Å²) in [6, 6.07) is 5.09. The minimum Gasteiger partial charge on any atom is -0.316 e. The SMILES string of the molecule is CC(C)CNCC1CCCCC1Cc1ccc(Cl)cc1F. The Hall–Kier alpha value is -0.600. The third kappa shape index (κ3) is 5.27. The van der Waals surface area contributed by atoms with Crippen molar-refractivity contribution < 1.29 is 4.39 Å². The molecule has 2 rings (SSSR count). The minimum atomic E-state index is -0.151. The van der Waals surface area contributed by atoms with E-state index in [1.165, 1.54) is 31.7 Å². The summed E-state index contributed by atoms with van der Waals surface area (Å²) < 4.78 is 14.0. The molecule has 1 nitrogen and oxygen atoms in total. The predicted octanol–water partition coefficient (Wildman–Crippen LogP) is 5.07. The average molecular weight is 312 g/mol. The van der Waals surface area contributed by atoms with Gasteiger partial charge in [-0.25, -0.2) is 4.39 Å². The molecule has 21 heavy (non-hydrogen) atoms. The first-order chi connectivity index (χ1) is 10.1. The van der Waals surface area contributed by atoms with Crippen molar-refractivity contribution in [2.24, 2.45) is 17.8 Å². The van der Waals surface area contributed by atoms with Gasteiger partial charge in [-0.15, -0.1) is 0 Å². The number of benzene rings is 1. The number of nitrogens with one attached hydrogen (secondary N) is 1. The fourth-order valence-corrected chi connectivity index (χ4v) is 3.51. The van der Waals surface area contributed by atoms with Crippen LogP contribution >= 0.6 is 11.6 Å². The van der Waals surface area contributed by atoms with Crippen molar-refractivity contribution in [3.05, 3.63) is 34.6 Å². The van der Waals surface area contributed by atoms with Gasteiger partial charge in [-0.2, -0.15) is 0 Å². The van der Waals surface area contributed by atoms with E-state index in [-0.39, 0.29) is 5.82 Å². The van der Waals surface area contributed by atoms with E-state index >= 15 is 0 Å². The van der Waals surface area contributed by atoms with Crippen molar-refractivity contribution in [3.8, 4) is 0 Å². The van der Waals surface area contributed by atoms with E-state index in [0.717, 1.165) is 25.1 Å². The maximum Gasteiger partial charge on any atom is 0.127 e. The highest BCUT2D eigenvalue weighted by Gasteiger charge is 2.25. The summed E-state index contributed by atoms with van der Waals surface area (Å²) in [7, 11) is 0. The average Bonchev–Trinajstić information content (AvgIpc) is 2.43. The molecule has 0 aliphatic heterocycles. The first-order valence-electron chi connectivity index (χ1n) is 8.21. The quantitative estimate of drug-likeness (QED) is 0.773. The molecule has 1 aromatic carbocycles. The van der Waals surface area contributed by atoms with E-state index in [9.17, 15) is 4.39 Å². The number of halogens is 2. The summed E-state index contributed by atoms with van der Waals surface area (Å²) in [6.07, 6.45) is 5.92. The minimum absolute atomic E-state index is 0.151. The Labute approximate surface area is 133 Å². The topological polar surface area (TPSA) is 12.0 Å². The smallest absolute Gasteiger partial charge is 0.127 e. The standard InChI is InChI=1S/C18H27ClFN/c1-13(2)11-21-12-16-6-4-3-5-14(16)9-15-7-8-17(19)10-18(15)20/h7-8,10,13-14,16,21H,3-6,9,11-12H2,1-2H3. The van der Waals surface area contributed by atoms with Gasteiger partial charge in [-0.1, -0.05) is 44.4 Å². The van der Waals surface area contributed by atoms with Crippen LogP contribution in [0.4, 0.5) is 4.39 Å². The van der Waals surface area contributed by atoms with Crippen LogP contribution in [-0.2, 0) is 6.42 Å². The first kappa shape index (κ1) is 16.8. The Morgan fingerprint density at radius 1 is 1.24 bits per heavy atom. The molecule has 0 radical (unpaired) electrons. The lowest BCUT2D eigenvalue weighted by atomic mass is 9.76. The van der Waals surface area contributed by atoms with E-state index in [4.69, 9.17) is 11.6 Å². The zero-order chi connectivity index (χ0) is 15.2. The van der Waals surface area contributed by atoms with Crippen molar-refractivity contribution in [2.75, 3.05) is 13.1 Å². The molecule has 3 heteroatoms. The molecular weight excluding hydrogens is 285 g/mol. The van der Waals surface area contributed by atoms with Crippen molar-refractivity contribution in [1.82, 2.24) is 5.32 Å². The molecular formula is C18H27ClFN. The predicted molar refractivity (Wildman–Crippen MR) is 88.3 cm³/mol. The molecule has 2 unspecified atom stereocenters. The van der Waals surface area contributed by atoms with E-state index in [1.54, 1.807) is 6.07 Å². The lowest BCUT2D eigenvalue weighted by Gasteiger charge is -2.32. The van der Waals surface area contributed by atoms with Crippen LogP contribution in [0, 0.1) is 23.6 Å². The van der Waals surface area contributed by atoms with Crippen LogP contribution in [0.2, 0.25) is 5.02 Å². The summed E-state index contributed by atoms with van der Waals surface area (Å²) in [5.74, 6) is 1.80. The highest BCUT2D eigenvalue weighted by atomic mass is 35.5. The van der Waals surface area contributed by atoms with Crippen molar-refractivity contribution >= 4 is 11.6 Å². The molecule has 0 saturated heterocycles. The molecule has 0 amide bonds. The Morgan fingerprint density at radius 3 is 2.62 bits per heavy atom. The highest BCUT2D eigenvalue weighted by molar-refractivity contribution is 6.30. The summed E-state index contributed by atoms with van der Waals surface area (Å²) in [6.45, 7) is 6.60. The lowest BCUT2D eigenvalue weighted by molar-refractivity contribution is 0.225. The molecule has 0 bridgehead atoms. The molecule has 118 valence electrons. The largest absolute Gasteiger partial charge is 0.316 e. The van der Waals surface area contributed by atoms with E-state index < -0.39 is 0 Å². The lowest BCUT2D eigenvalue weighted by Crippen LogP contribution is -2.33. The summed E-state index contributed by atoms with van der Waals surface area (Å²) in [5.41, 5.74) is 0.820. The number of rotatable bonds is 6. The molecule has 0 heterocycles. The first-order valence-corrected chi connectivity index (χ1v) is 8.58. The molecule has 1 N–H and O–H groups in total. The molecule has 1 aliphatic rings. The molecule has 0 aromatic heterocycles. The van der Waals surface area contributed by atoms with E-state index in [1.807, 2.05) is 6.07 Å². The molecule has 2 atom stereocenters. The summed E-state index contributed by atoms with van der Waals surface area (Å²) >= 11 is 5.84. The fraction of sp³-hybridized carbons (Fsp3) is 0.667. The van der Waals surface area contributed by atoms with Crippen LogP contribution in [0.3, 0.4) is 0 Å². The number of hydrogen-bond acceptors (Lipinski definition) is 1. The van der Waals surface area contributed by atoms with Gasteiger partial charge in [0.05, 0.1) is 0 Å². The van der Waals surface area contributed by atoms with Gasteiger partial charge in [-0.05, 0) is 67.8 Å². The fourth-order valence-electron chi connectivity index (χ4n) is 3.35. The van der Waals surface area contributed by atoms with E-state index in [2.05, 4.69) is 19.2 Å². The van der Waals surface area contributed by atoms with Crippen molar-refractivity contribution in [3.63, 3.8) is 0 Å². The van der Waals surface area contributed by atoms with Crippen LogP contribution in [-0.4, -0.2) is 13.1 Å². The maximum atomic E-state index is 14.0. The van der Waals surface area contributed by atoms with Gasteiger partial charge in [0, 0.05) is 5.02 Å². The highest BCUT2D eigenvalue weighted by Crippen LogP contribution is 2.33. The molecule has 1 aliphatic carbocycles. The van der Waals surface area contributed by atoms with Crippen LogP contribution < -0.4 is 5.32 Å². The second-order valence-corrected chi connectivity index (χ2v) is 7.23. The van der Waals surface area contributed by atoms with Crippen molar-refractivity contribution in [2.45, 2.75) is 46.0 Å². The Morgan fingerprint density at radius 2 is 1.95 bits per heavy atom. The van der Waals surface area contributed by atoms with Crippen LogP contribution in [0.25, 0.3) is 0 Å². The van der Waals surface area contributed by atoms with Gasteiger partial charge >= 0.3 is 0 Å². The maximum absolute atomic E-state index is 14.0. The Balaban J connectivity index is 1.94. The summed E-state index contributed by atoms with van der Waals surface area (Å²) in [5, 5.41) is 4.06. The molecule has 1 aromatic rings. The Kier molecular flexibility index (Phi) is 6.50. The van der Waals surface area contributed by atoms with Crippen molar-refractivity contribution in [1.29, 1.82) is 0 Å². The van der Waals surface area contributed by atoms with Crippen LogP contribution in [0.15, 0.2) is 18.2 Å². The van der Waals surface area contributed by atoms with Gasteiger partial charge in [-0.3, -0.25) is 0 Å². The van der Waals surface area contributed by atoms with Gasteiger partial charge in [0.25, 0.3) is 0 Å². The second-order valence-electron chi connectivity index (χ2n) is 6.80. The van der Waals surface area contributed by atoms with Crippen LogP contribution in [0.1, 0.15) is 45.1 Å². The van der Waals surface area contributed by atoms with Gasteiger partial charge in [0.1, 0.15) is 5.82 Å². The molecule has 1 fully saturated rings. The molecule has 0 spiro atoms. The third-order valence-electron chi connectivity index (χ3n) is 4.52. The van der Waals surface area contributed by atoms with Gasteiger partial charge < -0.3 is 5.32 Å². The number of hydrogen-bond donors (Lipinski definition) is 1. The van der Waals surface area contributed by atoms with Crippen LogP contribution in [0.5, 0.6) is 0 Å².